The Balaban J connectivity index is 1.37. The SMILES string of the molecule is CC(C)(C)C(O[SiH](c1ccccc1)c1ccccc1)[C@H]1CC[C@@]2(Cc3ccccc3)C(OC3CCCCO3)OC(=O)C[C@H]12. The molecule has 0 radical (unpaired) electrons. The van der Waals surface area contributed by atoms with Crippen LogP contribution in [0.1, 0.15) is 64.9 Å². The van der Waals surface area contributed by atoms with Gasteiger partial charge in [0.1, 0.15) is 0 Å². The van der Waals surface area contributed by atoms with Gasteiger partial charge in [-0.2, -0.15) is 0 Å². The first-order valence-corrected chi connectivity index (χ1v) is 17.7. The fraction of sp³-hybridized carbons (Fsp3) is 0.486. The minimum atomic E-state index is -2.03. The van der Waals surface area contributed by atoms with Gasteiger partial charge in [-0.15, -0.1) is 0 Å². The van der Waals surface area contributed by atoms with Crippen LogP contribution in [0.25, 0.3) is 0 Å². The highest BCUT2D eigenvalue weighted by molar-refractivity contribution is 6.80. The van der Waals surface area contributed by atoms with Gasteiger partial charge in [-0.25, -0.2) is 0 Å². The van der Waals surface area contributed by atoms with E-state index in [0.717, 1.165) is 38.5 Å². The summed E-state index contributed by atoms with van der Waals surface area (Å²) >= 11 is 0. The molecule has 3 unspecified atom stereocenters. The third-order valence-electron chi connectivity index (χ3n) is 9.81. The number of carbonyl (C=O) groups is 1. The molecular weight excluding hydrogens is 552 g/mol. The summed E-state index contributed by atoms with van der Waals surface area (Å²) in [6.07, 6.45) is 5.01. The molecule has 6 atom stereocenters. The molecule has 0 bridgehead atoms. The van der Waals surface area contributed by atoms with Crippen LogP contribution >= 0.6 is 0 Å². The molecule has 2 aliphatic heterocycles. The van der Waals surface area contributed by atoms with Crippen molar-refractivity contribution in [3.8, 4) is 0 Å². The van der Waals surface area contributed by atoms with E-state index in [0.29, 0.717) is 13.0 Å². The van der Waals surface area contributed by atoms with E-state index in [9.17, 15) is 4.79 Å². The summed E-state index contributed by atoms with van der Waals surface area (Å²) in [5.74, 6) is 0.0966. The molecular formula is C37H46O5Si. The van der Waals surface area contributed by atoms with Crippen molar-refractivity contribution in [1.29, 1.82) is 0 Å². The van der Waals surface area contributed by atoms with Crippen molar-refractivity contribution in [3.63, 3.8) is 0 Å². The van der Waals surface area contributed by atoms with Crippen molar-refractivity contribution in [2.75, 3.05) is 6.61 Å². The Morgan fingerprint density at radius 3 is 2.09 bits per heavy atom. The molecule has 3 aliphatic rings. The number of carbonyl (C=O) groups excluding carboxylic acids is 1. The van der Waals surface area contributed by atoms with Gasteiger partial charge in [-0.05, 0) is 71.7 Å². The highest BCUT2D eigenvalue weighted by atomic mass is 28.3. The highest BCUT2D eigenvalue weighted by Gasteiger charge is 2.61. The molecule has 228 valence electrons. The molecule has 1 saturated carbocycles. The third kappa shape index (κ3) is 6.68. The summed E-state index contributed by atoms with van der Waals surface area (Å²) in [6, 6.07) is 32.1. The third-order valence-corrected chi connectivity index (χ3v) is 12.4. The molecule has 3 aromatic rings. The lowest BCUT2D eigenvalue weighted by molar-refractivity contribution is -0.300. The van der Waals surface area contributed by atoms with Gasteiger partial charge in [0.25, 0.3) is 0 Å². The Bertz CT molecular complexity index is 1280. The van der Waals surface area contributed by atoms with Gasteiger partial charge in [0.15, 0.2) is 6.29 Å². The summed E-state index contributed by atoms with van der Waals surface area (Å²) < 4.78 is 26.2. The van der Waals surface area contributed by atoms with Crippen LogP contribution in [0, 0.1) is 22.7 Å². The van der Waals surface area contributed by atoms with Gasteiger partial charge >= 0.3 is 5.97 Å². The number of hydrogen-bond acceptors (Lipinski definition) is 5. The number of fused-ring (bicyclic) bond motifs is 1. The average Bonchev–Trinajstić information content (AvgIpc) is 3.37. The molecule has 6 heteroatoms. The number of hydrogen-bond donors (Lipinski definition) is 0. The Hall–Kier alpha value is -2.77. The van der Waals surface area contributed by atoms with Crippen molar-refractivity contribution in [3.05, 3.63) is 96.6 Å². The summed E-state index contributed by atoms with van der Waals surface area (Å²) in [5.41, 5.74) is 0.773. The maximum absolute atomic E-state index is 13.4. The van der Waals surface area contributed by atoms with Crippen LogP contribution in [-0.4, -0.2) is 40.3 Å². The summed E-state index contributed by atoms with van der Waals surface area (Å²) in [7, 11) is -2.03. The molecule has 0 amide bonds. The largest absolute Gasteiger partial charge is 0.435 e. The average molecular weight is 599 g/mol. The van der Waals surface area contributed by atoms with Gasteiger partial charge in [-0.3, -0.25) is 4.79 Å². The Kier molecular flexibility index (Phi) is 9.20. The quantitative estimate of drug-likeness (QED) is 0.223. The van der Waals surface area contributed by atoms with Gasteiger partial charge in [0.05, 0.1) is 6.10 Å². The molecule has 2 saturated heterocycles. The number of benzene rings is 3. The monoisotopic (exact) mass is 598 g/mol. The lowest BCUT2D eigenvalue weighted by Gasteiger charge is -2.49. The maximum Gasteiger partial charge on any atom is 0.308 e. The fourth-order valence-corrected chi connectivity index (χ4v) is 10.6. The topological polar surface area (TPSA) is 54.0 Å². The fourth-order valence-electron chi connectivity index (χ4n) is 7.82. The number of ether oxygens (including phenoxy) is 3. The molecule has 3 aromatic carbocycles. The van der Waals surface area contributed by atoms with E-state index in [4.69, 9.17) is 18.6 Å². The zero-order valence-electron chi connectivity index (χ0n) is 25.8. The zero-order chi connectivity index (χ0) is 29.9. The minimum Gasteiger partial charge on any atom is -0.435 e. The second-order valence-electron chi connectivity index (χ2n) is 13.8. The summed E-state index contributed by atoms with van der Waals surface area (Å²) in [4.78, 5) is 13.4. The molecule has 3 fully saturated rings. The summed E-state index contributed by atoms with van der Waals surface area (Å²) in [5, 5.41) is 2.55. The highest BCUT2D eigenvalue weighted by Crippen LogP contribution is 2.59. The molecule has 5 nitrogen and oxygen atoms in total. The zero-order valence-corrected chi connectivity index (χ0v) is 27.0. The van der Waals surface area contributed by atoms with E-state index in [1.54, 1.807) is 0 Å². The van der Waals surface area contributed by atoms with E-state index in [1.165, 1.54) is 15.9 Å². The summed E-state index contributed by atoms with van der Waals surface area (Å²) in [6.45, 7) is 7.57. The Morgan fingerprint density at radius 2 is 1.51 bits per heavy atom. The van der Waals surface area contributed by atoms with Crippen molar-refractivity contribution >= 4 is 25.4 Å². The predicted octanol–water partition coefficient (Wildman–Crippen LogP) is 6.03. The second-order valence-corrected chi connectivity index (χ2v) is 16.2. The van der Waals surface area contributed by atoms with E-state index in [1.807, 2.05) is 0 Å². The first-order valence-electron chi connectivity index (χ1n) is 16.1. The van der Waals surface area contributed by atoms with Gasteiger partial charge in [0.2, 0.25) is 15.3 Å². The van der Waals surface area contributed by atoms with Gasteiger partial charge in [-0.1, -0.05) is 112 Å². The van der Waals surface area contributed by atoms with Crippen molar-refractivity contribution in [1.82, 2.24) is 0 Å². The number of cyclic esters (lactones) is 1. The number of rotatable bonds is 9. The van der Waals surface area contributed by atoms with Gasteiger partial charge in [0, 0.05) is 18.4 Å². The smallest absolute Gasteiger partial charge is 0.308 e. The lowest BCUT2D eigenvalue weighted by atomic mass is 9.65. The van der Waals surface area contributed by atoms with E-state index < -0.39 is 15.3 Å². The van der Waals surface area contributed by atoms with Crippen LogP contribution in [0.3, 0.4) is 0 Å². The first kappa shape index (κ1) is 30.3. The minimum absolute atomic E-state index is 0.0373. The maximum atomic E-state index is 13.4. The molecule has 2 heterocycles. The normalized spacial score (nSPS) is 28.3. The van der Waals surface area contributed by atoms with E-state index in [2.05, 4.69) is 112 Å². The first-order chi connectivity index (χ1) is 20.8. The Labute approximate surface area is 258 Å². The number of esters is 1. The lowest BCUT2D eigenvalue weighted by Crippen LogP contribution is -2.56. The van der Waals surface area contributed by atoms with Crippen LogP contribution in [-0.2, 0) is 29.9 Å². The molecule has 0 N–H and O–H groups in total. The molecule has 1 aliphatic carbocycles. The van der Waals surface area contributed by atoms with E-state index >= 15 is 0 Å². The van der Waals surface area contributed by atoms with Crippen LogP contribution < -0.4 is 10.4 Å². The second kappa shape index (κ2) is 13.1. The predicted molar refractivity (Wildman–Crippen MR) is 172 cm³/mol. The van der Waals surface area contributed by atoms with E-state index in [-0.39, 0.29) is 41.0 Å². The van der Waals surface area contributed by atoms with Crippen LogP contribution in [0.4, 0.5) is 0 Å². The van der Waals surface area contributed by atoms with Crippen molar-refractivity contribution < 1.29 is 23.4 Å². The van der Waals surface area contributed by atoms with Crippen LogP contribution in [0.5, 0.6) is 0 Å². The van der Waals surface area contributed by atoms with Crippen LogP contribution in [0.15, 0.2) is 91.0 Å². The molecule has 0 aromatic heterocycles. The molecule has 0 spiro atoms. The van der Waals surface area contributed by atoms with Crippen molar-refractivity contribution in [2.24, 2.45) is 22.7 Å². The van der Waals surface area contributed by atoms with Gasteiger partial charge < -0.3 is 18.6 Å². The van der Waals surface area contributed by atoms with Crippen LogP contribution in [0.2, 0.25) is 0 Å². The molecule has 6 rings (SSSR count). The van der Waals surface area contributed by atoms with Crippen molar-refractivity contribution in [2.45, 2.75) is 84.4 Å². The molecule has 43 heavy (non-hydrogen) atoms. The Morgan fingerprint density at radius 1 is 0.884 bits per heavy atom. The standard InChI is InChI=1S/C37H46O5Si/c1-36(2,3)34(42-43(28-17-9-5-10-18-28)29-19-11-6-12-20-29)30-22-23-37(26-27-15-7-4-8-16-27)31(30)25-32(38)40-35(37)41-33-21-13-14-24-39-33/h4-12,15-20,30-31,33-35,43H,13-14,21-26H2,1-3H3/t30-,31+,33?,34?,35?,37-/m0/s1.